The maximum atomic E-state index is 13.1. The van der Waals surface area contributed by atoms with Crippen molar-refractivity contribution in [2.24, 2.45) is 0 Å². The van der Waals surface area contributed by atoms with Crippen LogP contribution in [0, 0.1) is 5.82 Å². The number of hydrogen-bond acceptors (Lipinski definition) is 1. The minimum absolute atomic E-state index is 0.157. The van der Waals surface area contributed by atoms with Gasteiger partial charge in [0.1, 0.15) is 5.82 Å². The summed E-state index contributed by atoms with van der Waals surface area (Å²) in [5.74, 6) is -0.445. The summed E-state index contributed by atoms with van der Waals surface area (Å²) in [5.41, 5.74) is 0.512. The van der Waals surface area contributed by atoms with Gasteiger partial charge in [0.05, 0.1) is 6.04 Å². The smallest absolute Gasteiger partial charge is 0.217 e. The Morgan fingerprint density at radius 3 is 2.62 bits per heavy atom. The van der Waals surface area contributed by atoms with Crippen LogP contribution < -0.4 is 5.32 Å². The summed E-state index contributed by atoms with van der Waals surface area (Å²) in [5, 5.41) is 2.62. The average Bonchev–Trinajstić information content (AvgIpc) is 2.03. The van der Waals surface area contributed by atoms with Gasteiger partial charge in [-0.3, -0.25) is 4.79 Å². The molecule has 0 aliphatic carbocycles. The summed E-state index contributed by atoms with van der Waals surface area (Å²) in [7, 11) is 0. The minimum atomic E-state index is -0.288. The molecule has 0 bridgehead atoms. The first-order valence-electron chi connectivity index (χ1n) is 4.13. The van der Waals surface area contributed by atoms with Gasteiger partial charge in [0.15, 0.2) is 0 Å². The summed E-state index contributed by atoms with van der Waals surface area (Å²) in [4.78, 5) is 10.7. The van der Waals surface area contributed by atoms with Crippen molar-refractivity contribution in [2.75, 3.05) is 0 Å². The Hall–Kier alpha value is -1.38. The first-order valence-corrected chi connectivity index (χ1v) is 4.13. The molecule has 0 fully saturated rings. The fourth-order valence-corrected chi connectivity index (χ4v) is 1.21. The molecule has 1 N–H and O–H groups in total. The molecular formula is C10H12FNO. The Morgan fingerprint density at radius 2 is 2.08 bits per heavy atom. The molecule has 0 spiro atoms. The standard InChI is InChI=1S/C10H12FNO/c1-7(12-8(2)13)9-5-3-4-6-10(9)11/h3-7H,1-2H3,(H,12,13)/t7-/m1/s1. The van der Waals surface area contributed by atoms with E-state index < -0.39 is 0 Å². The van der Waals surface area contributed by atoms with Crippen LogP contribution in [0.1, 0.15) is 25.5 Å². The predicted molar refractivity (Wildman–Crippen MR) is 48.6 cm³/mol. The Balaban J connectivity index is 2.82. The maximum Gasteiger partial charge on any atom is 0.217 e. The highest BCUT2D eigenvalue weighted by molar-refractivity contribution is 5.73. The summed E-state index contributed by atoms with van der Waals surface area (Å²) in [6, 6.07) is 6.14. The van der Waals surface area contributed by atoms with E-state index in [0.29, 0.717) is 5.56 Å². The van der Waals surface area contributed by atoms with Crippen LogP contribution in [-0.4, -0.2) is 5.91 Å². The zero-order valence-corrected chi connectivity index (χ0v) is 7.67. The van der Waals surface area contributed by atoms with E-state index in [2.05, 4.69) is 5.32 Å². The van der Waals surface area contributed by atoms with E-state index in [-0.39, 0.29) is 17.8 Å². The number of nitrogens with one attached hydrogen (secondary N) is 1. The van der Waals surface area contributed by atoms with E-state index in [4.69, 9.17) is 0 Å². The Morgan fingerprint density at radius 1 is 1.46 bits per heavy atom. The third kappa shape index (κ3) is 2.54. The monoisotopic (exact) mass is 181 g/mol. The minimum Gasteiger partial charge on any atom is -0.350 e. The predicted octanol–water partition coefficient (Wildman–Crippen LogP) is 2.02. The van der Waals surface area contributed by atoms with Gasteiger partial charge in [0.2, 0.25) is 5.91 Å². The highest BCUT2D eigenvalue weighted by atomic mass is 19.1. The topological polar surface area (TPSA) is 29.1 Å². The van der Waals surface area contributed by atoms with Crippen LogP contribution in [0.15, 0.2) is 24.3 Å². The second kappa shape index (κ2) is 4.03. The van der Waals surface area contributed by atoms with E-state index >= 15 is 0 Å². The van der Waals surface area contributed by atoms with Gasteiger partial charge in [0.25, 0.3) is 0 Å². The quantitative estimate of drug-likeness (QED) is 0.743. The second-order valence-corrected chi connectivity index (χ2v) is 2.94. The van der Waals surface area contributed by atoms with Crippen LogP contribution in [0.4, 0.5) is 4.39 Å². The molecule has 1 atom stereocenters. The summed E-state index contributed by atoms with van der Waals surface area (Å²) in [6.45, 7) is 3.16. The molecule has 1 aromatic carbocycles. The average molecular weight is 181 g/mol. The van der Waals surface area contributed by atoms with Gasteiger partial charge in [-0.05, 0) is 13.0 Å². The first kappa shape index (κ1) is 9.71. The molecule has 0 radical (unpaired) electrons. The Kier molecular flexibility index (Phi) is 3.01. The van der Waals surface area contributed by atoms with Crippen molar-refractivity contribution in [3.63, 3.8) is 0 Å². The van der Waals surface area contributed by atoms with Crippen molar-refractivity contribution in [3.05, 3.63) is 35.6 Å². The molecule has 2 nitrogen and oxygen atoms in total. The fourth-order valence-electron chi connectivity index (χ4n) is 1.21. The molecule has 0 heterocycles. The zero-order valence-electron chi connectivity index (χ0n) is 7.67. The maximum absolute atomic E-state index is 13.1. The van der Waals surface area contributed by atoms with Gasteiger partial charge < -0.3 is 5.32 Å². The number of amides is 1. The second-order valence-electron chi connectivity index (χ2n) is 2.94. The molecule has 13 heavy (non-hydrogen) atoms. The summed E-state index contributed by atoms with van der Waals surface area (Å²) in [6.07, 6.45) is 0. The van der Waals surface area contributed by atoms with Crippen LogP contribution in [0.2, 0.25) is 0 Å². The first-order chi connectivity index (χ1) is 6.11. The van der Waals surface area contributed by atoms with Crippen molar-refractivity contribution >= 4 is 5.91 Å². The molecular weight excluding hydrogens is 169 g/mol. The zero-order chi connectivity index (χ0) is 9.84. The molecule has 0 aliphatic heterocycles. The number of carbonyl (C=O) groups excluding carboxylic acids is 1. The van der Waals surface area contributed by atoms with E-state index in [1.807, 2.05) is 0 Å². The fraction of sp³-hybridized carbons (Fsp3) is 0.300. The third-order valence-electron chi connectivity index (χ3n) is 1.79. The van der Waals surface area contributed by atoms with Gasteiger partial charge in [-0.15, -0.1) is 0 Å². The summed E-state index contributed by atoms with van der Waals surface area (Å²) < 4.78 is 13.1. The number of rotatable bonds is 2. The molecule has 70 valence electrons. The van der Waals surface area contributed by atoms with Crippen molar-refractivity contribution < 1.29 is 9.18 Å². The highest BCUT2D eigenvalue weighted by Gasteiger charge is 2.09. The Bertz CT molecular complexity index is 312. The lowest BCUT2D eigenvalue weighted by Crippen LogP contribution is -2.24. The SMILES string of the molecule is CC(=O)N[C@H](C)c1ccccc1F. The molecule has 1 amide bonds. The molecule has 0 unspecified atom stereocenters. The van der Waals surface area contributed by atoms with Gasteiger partial charge in [-0.1, -0.05) is 18.2 Å². The molecule has 3 heteroatoms. The third-order valence-corrected chi connectivity index (χ3v) is 1.79. The number of halogens is 1. The van der Waals surface area contributed by atoms with Crippen LogP contribution in [0.5, 0.6) is 0 Å². The van der Waals surface area contributed by atoms with Gasteiger partial charge >= 0.3 is 0 Å². The normalized spacial score (nSPS) is 12.2. The highest BCUT2D eigenvalue weighted by Crippen LogP contribution is 2.15. The number of hydrogen-bond donors (Lipinski definition) is 1. The van der Waals surface area contributed by atoms with E-state index in [0.717, 1.165) is 0 Å². The van der Waals surface area contributed by atoms with Crippen LogP contribution in [-0.2, 0) is 4.79 Å². The number of benzene rings is 1. The number of carbonyl (C=O) groups is 1. The van der Waals surface area contributed by atoms with E-state index in [9.17, 15) is 9.18 Å². The van der Waals surface area contributed by atoms with Gasteiger partial charge in [-0.25, -0.2) is 4.39 Å². The summed E-state index contributed by atoms with van der Waals surface area (Å²) >= 11 is 0. The van der Waals surface area contributed by atoms with Gasteiger partial charge in [0, 0.05) is 12.5 Å². The molecule has 0 saturated heterocycles. The molecule has 0 saturated carbocycles. The Labute approximate surface area is 76.8 Å². The lowest BCUT2D eigenvalue weighted by Gasteiger charge is -2.12. The molecule has 1 aromatic rings. The largest absolute Gasteiger partial charge is 0.350 e. The van der Waals surface area contributed by atoms with Gasteiger partial charge in [-0.2, -0.15) is 0 Å². The van der Waals surface area contributed by atoms with E-state index in [1.54, 1.807) is 25.1 Å². The van der Waals surface area contributed by atoms with Crippen molar-refractivity contribution in [1.82, 2.24) is 5.32 Å². The molecule has 1 rings (SSSR count). The van der Waals surface area contributed by atoms with Crippen LogP contribution in [0.3, 0.4) is 0 Å². The van der Waals surface area contributed by atoms with Crippen molar-refractivity contribution in [2.45, 2.75) is 19.9 Å². The van der Waals surface area contributed by atoms with Crippen LogP contribution in [0.25, 0.3) is 0 Å². The lowest BCUT2D eigenvalue weighted by atomic mass is 10.1. The van der Waals surface area contributed by atoms with Crippen LogP contribution >= 0.6 is 0 Å². The lowest BCUT2D eigenvalue weighted by molar-refractivity contribution is -0.119. The van der Waals surface area contributed by atoms with Crippen molar-refractivity contribution in [3.8, 4) is 0 Å². The van der Waals surface area contributed by atoms with Crippen molar-refractivity contribution in [1.29, 1.82) is 0 Å². The molecule has 0 aromatic heterocycles. The van der Waals surface area contributed by atoms with E-state index in [1.165, 1.54) is 13.0 Å². The molecule has 0 aliphatic rings.